The summed E-state index contributed by atoms with van der Waals surface area (Å²) >= 11 is 0. The largest absolute Gasteiger partial charge is 0.394 e. The third kappa shape index (κ3) is 47.2. The van der Waals surface area contributed by atoms with Gasteiger partial charge in [0.2, 0.25) is 5.91 Å². The summed E-state index contributed by atoms with van der Waals surface area (Å²) in [6.07, 6.45) is 65.5. The number of allylic oxidation sites excluding steroid dienone is 3. The first-order valence-electron chi connectivity index (χ1n) is 40.1. The van der Waals surface area contributed by atoms with Crippen molar-refractivity contribution in [2.75, 3.05) is 19.8 Å². The van der Waals surface area contributed by atoms with Crippen LogP contribution in [0.1, 0.15) is 380 Å². The van der Waals surface area contributed by atoms with Crippen molar-refractivity contribution in [1.29, 1.82) is 0 Å². The van der Waals surface area contributed by atoms with Gasteiger partial charge in [0.15, 0.2) is 12.6 Å². The topological polar surface area (TPSA) is 228 Å². The van der Waals surface area contributed by atoms with Crippen molar-refractivity contribution >= 4 is 5.91 Å². The van der Waals surface area contributed by atoms with E-state index in [4.69, 9.17) is 18.9 Å². The lowest BCUT2D eigenvalue weighted by atomic mass is 9.97. The van der Waals surface area contributed by atoms with E-state index in [2.05, 4.69) is 31.3 Å². The van der Waals surface area contributed by atoms with E-state index >= 15 is 0 Å². The first-order valence-corrected chi connectivity index (χ1v) is 40.1. The van der Waals surface area contributed by atoms with Crippen LogP contribution in [0.5, 0.6) is 0 Å². The highest BCUT2D eigenvalue weighted by molar-refractivity contribution is 5.76. The van der Waals surface area contributed by atoms with E-state index in [0.29, 0.717) is 6.42 Å². The third-order valence-electron chi connectivity index (χ3n) is 19.9. The smallest absolute Gasteiger partial charge is 0.220 e. The van der Waals surface area contributed by atoms with E-state index in [-0.39, 0.29) is 18.9 Å². The van der Waals surface area contributed by atoms with Gasteiger partial charge in [-0.15, -0.1) is 0 Å². The monoisotopic (exact) mass is 1320 g/mol. The van der Waals surface area contributed by atoms with E-state index in [0.717, 1.165) is 38.5 Å². The second-order valence-electron chi connectivity index (χ2n) is 28.5. The number of aliphatic hydroxyl groups is 8. The van der Waals surface area contributed by atoms with Gasteiger partial charge in [-0.05, 0) is 44.9 Å². The molecule has 12 unspecified atom stereocenters. The molecule has 0 aliphatic carbocycles. The zero-order chi connectivity index (χ0) is 67.3. The third-order valence-corrected chi connectivity index (χ3v) is 19.9. The summed E-state index contributed by atoms with van der Waals surface area (Å²) < 4.78 is 22.9. The summed E-state index contributed by atoms with van der Waals surface area (Å²) in [7, 11) is 0. The molecule has 14 heteroatoms. The van der Waals surface area contributed by atoms with Crippen molar-refractivity contribution in [3.05, 3.63) is 24.3 Å². The Morgan fingerprint density at radius 2 is 0.677 bits per heavy atom. The molecular weight excluding hydrogens is 1170 g/mol. The maximum absolute atomic E-state index is 13.4. The molecule has 1 amide bonds. The van der Waals surface area contributed by atoms with Gasteiger partial charge >= 0.3 is 0 Å². The second kappa shape index (κ2) is 63.9. The number of nitrogens with one attached hydrogen (secondary N) is 1. The maximum Gasteiger partial charge on any atom is 0.220 e. The molecule has 2 fully saturated rings. The van der Waals surface area contributed by atoms with E-state index in [1.54, 1.807) is 6.08 Å². The van der Waals surface area contributed by atoms with Crippen LogP contribution in [0.25, 0.3) is 0 Å². The van der Waals surface area contributed by atoms with Gasteiger partial charge in [0.05, 0.1) is 32.0 Å². The summed E-state index contributed by atoms with van der Waals surface area (Å²) in [6, 6.07) is -0.914. The molecule has 2 aliphatic rings. The fourth-order valence-electron chi connectivity index (χ4n) is 13.5. The van der Waals surface area contributed by atoms with Gasteiger partial charge in [0, 0.05) is 6.42 Å². The molecule has 0 saturated carbocycles. The Bertz CT molecular complexity index is 1650. The van der Waals surface area contributed by atoms with Gasteiger partial charge < -0.3 is 65.1 Å². The normalized spacial score (nSPS) is 22.6. The van der Waals surface area contributed by atoms with Crippen LogP contribution in [-0.2, 0) is 23.7 Å². The SMILES string of the molecule is CCCCCCCCCC/C=C\CCCCCCCCCCCCCCCCCC(=O)NC(COC1OC(CO)C(OC2OC(CO)C(O)C(O)C2O)C(O)C1O)C(O)/C=C/CCCCCCCCCCCCCCCCCCCCCCCCCCCCCCCC. The summed E-state index contributed by atoms with van der Waals surface area (Å²) in [4.78, 5) is 13.4. The summed E-state index contributed by atoms with van der Waals surface area (Å²) in [6.45, 7) is 2.87. The predicted octanol–water partition coefficient (Wildman–Crippen LogP) is 17.9. The molecule has 2 rings (SSSR count). The first kappa shape index (κ1) is 87.6. The highest BCUT2D eigenvalue weighted by atomic mass is 16.7. The van der Waals surface area contributed by atoms with E-state index in [1.807, 2.05) is 6.08 Å². The molecule has 14 nitrogen and oxygen atoms in total. The lowest BCUT2D eigenvalue weighted by Gasteiger charge is -2.46. The fourth-order valence-corrected chi connectivity index (χ4v) is 13.5. The van der Waals surface area contributed by atoms with Crippen molar-refractivity contribution in [1.82, 2.24) is 5.32 Å². The summed E-state index contributed by atoms with van der Waals surface area (Å²) in [5, 5.41) is 87.7. The lowest BCUT2D eigenvalue weighted by molar-refractivity contribution is -0.359. The van der Waals surface area contributed by atoms with Crippen LogP contribution >= 0.6 is 0 Å². The molecule has 2 saturated heterocycles. The van der Waals surface area contributed by atoms with Gasteiger partial charge in [-0.25, -0.2) is 0 Å². The fraction of sp³-hybridized carbons (Fsp3) is 0.937. The van der Waals surface area contributed by atoms with Crippen LogP contribution in [0.2, 0.25) is 0 Å². The Balaban J connectivity index is 1.62. The number of rotatable bonds is 68. The minimum absolute atomic E-state index is 0.231. The molecule has 2 aliphatic heterocycles. The molecule has 93 heavy (non-hydrogen) atoms. The van der Waals surface area contributed by atoms with Crippen molar-refractivity contribution in [2.24, 2.45) is 0 Å². The number of carbonyl (C=O) groups excluding carboxylic acids is 1. The van der Waals surface area contributed by atoms with E-state index in [9.17, 15) is 45.6 Å². The van der Waals surface area contributed by atoms with Crippen molar-refractivity contribution < 1.29 is 64.6 Å². The molecule has 0 bridgehead atoms. The lowest BCUT2D eigenvalue weighted by Crippen LogP contribution is -2.65. The number of amides is 1. The molecule has 0 aromatic heterocycles. The van der Waals surface area contributed by atoms with Gasteiger partial charge in [0.1, 0.15) is 48.8 Å². The Morgan fingerprint density at radius 1 is 0.376 bits per heavy atom. The van der Waals surface area contributed by atoms with E-state index in [1.165, 1.54) is 315 Å². The number of ether oxygens (including phenoxy) is 4. The zero-order valence-electron chi connectivity index (χ0n) is 60.3. The minimum Gasteiger partial charge on any atom is -0.394 e. The zero-order valence-corrected chi connectivity index (χ0v) is 60.3. The molecule has 0 aromatic rings. The Hall–Kier alpha value is -1.53. The van der Waals surface area contributed by atoms with E-state index < -0.39 is 86.8 Å². The highest BCUT2D eigenvalue weighted by Gasteiger charge is 2.51. The van der Waals surface area contributed by atoms with Gasteiger partial charge in [-0.2, -0.15) is 0 Å². The molecule has 550 valence electrons. The van der Waals surface area contributed by atoms with Gasteiger partial charge in [-0.3, -0.25) is 4.79 Å². The van der Waals surface area contributed by atoms with Crippen molar-refractivity contribution in [3.63, 3.8) is 0 Å². The quantitative estimate of drug-likeness (QED) is 0.0204. The molecule has 9 N–H and O–H groups in total. The van der Waals surface area contributed by atoms with Crippen LogP contribution in [-0.4, -0.2) is 140 Å². The Morgan fingerprint density at radius 3 is 1.02 bits per heavy atom. The standard InChI is InChI=1S/C79H151NO13/c1-3-5-7-9-11-13-15-17-19-21-23-25-27-29-31-32-33-34-35-37-38-40-42-44-46-48-50-52-54-56-58-60-62-68(83)67(66-90-78-76(89)74(87)77(70(65-82)92-78)93-79-75(88)73(86)72(85)69(64-81)91-79)80-71(84)63-61-59-57-55-53-51-49-47-45-43-41-39-36-30-28-26-24-22-20-18-16-14-12-10-8-6-4-2/h22,24,60,62,67-70,72-79,81-83,85-89H,3-21,23,25-59,61,63-66H2,1-2H3,(H,80,84)/b24-22-,62-60+. The minimum atomic E-state index is -1.79. The molecule has 2 heterocycles. The maximum atomic E-state index is 13.4. The van der Waals surface area contributed by atoms with Crippen LogP contribution in [0, 0.1) is 0 Å². The van der Waals surface area contributed by atoms with Gasteiger partial charge in [-0.1, -0.05) is 353 Å². The summed E-state index contributed by atoms with van der Waals surface area (Å²) in [5.41, 5.74) is 0. The molecule has 0 radical (unpaired) electrons. The van der Waals surface area contributed by atoms with Crippen LogP contribution in [0.3, 0.4) is 0 Å². The van der Waals surface area contributed by atoms with Crippen LogP contribution in [0.15, 0.2) is 24.3 Å². The number of hydrogen-bond donors (Lipinski definition) is 9. The highest BCUT2D eigenvalue weighted by Crippen LogP contribution is 2.30. The number of unbranched alkanes of at least 4 members (excludes halogenated alkanes) is 53. The molecule has 0 spiro atoms. The predicted molar refractivity (Wildman–Crippen MR) is 383 cm³/mol. The molecular formula is C79H151NO13. The number of carbonyl (C=O) groups is 1. The van der Waals surface area contributed by atoms with Crippen molar-refractivity contribution in [3.8, 4) is 0 Å². The van der Waals surface area contributed by atoms with Crippen molar-refractivity contribution in [2.45, 2.75) is 453 Å². The average molecular weight is 1320 g/mol. The van der Waals surface area contributed by atoms with Crippen LogP contribution < -0.4 is 5.32 Å². The number of hydrogen-bond acceptors (Lipinski definition) is 13. The number of aliphatic hydroxyl groups excluding tert-OH is 8. The average Bonchev–Trinajstić information content (AvgIpc) is 0.854. The summed E-state index contributed by atoms with van der Waals surface area (Å²) in [5.74, 6) is -0.231. The second-order valence-corrected chi connectivity index (χ2v) is 28.5. The molecule has 0 aromatic carbocycles. The van der Waals surface area contributed by atoms with Gasteiger partial charge in [0.25, 0.3) is 0 Å². The Labute approximate surface area is 570 Å². The molecule has 12 atom stereocenters. The Kier molecular flexibility index (Phi) is 60.1. The van der Waals surface area contributed by atoms with Crippen LogP contribution in [0.4, 0.5) is 0 Å². The first-order chi connectivity index (χ1) is 45.6.